The maximum atomic E-state index is 5.63. The van der Waals surface area contributed by atoms with E-state index >= 15 is 0 Å². The molecule has 14 heavy (non-hydrogen) atoms. The van der Waals surface area contributed by atoms with Crippen LogP contribution in [0.1, 0.15) is 39.5 Å². The van der Waals surface area contributed by atoms with Crippen molar-refractivity contribution in [3.8, 4) is 0 Å². The average Bonchev–Trinajstić information content (AvgIpc) is 2.08. The molecule has 0 spiro atoms. The highest BCUT2D eigenvalue weighted by molar-refractivity contribution is 4.78. The molecule has 1 heterocycles. The molecule has 1 aliphatic rings. The summed E-state index contributed by atoms with van der Waals surface area (Å²) in [6.07, 6.45) is 5.28. The van der Waals surface area contributed by atoms with Gasteiger partial charge in [0.2, 0.25) is 0 Å². The van der Waals surface area contributed by atoms with Gasteiger partial charge in [-0.05, 0) is 63.7 Å². The highest BCUT2D eigenvalue weighted by Crippen LogP contribution is 2.33. The third kappa shape index (κ3) is 3.97. The van der Waals surface area contributed by atoms with Crippen molar-refractivity contribution < 1.29 is 0 Å². The Balaban J connectivity index is 2.29. The molecule has 0 aromatic carbocycles. The minimum atomic E-state index is 0.454. The number of hydrogen-bond acceptors (Lipinski definition) is 2. The van der Waals surface area contributed by atoms with E-state index in [2.05, 4.69) is 25.8 Å². The predicted molar refractivity (Wildman–Crippen MR) is 62.3 cm³/mol. The molecule has 0 amide bonds. The Morgan fingerprint density at radius 1 is 1.29 bits per heavy atom. The zero-order chi connectivity index (χ0) is 10.6. The van der Waals surface area contributed by atoms with E-state index in [0.29, 0.717) is 5.41 Å². The first-order chi connectivity index (χ1) is 6.53. The fraction of sp³-hybridized carbons (Fsp3) is 1.00. The number of piperidine rings is 1. The molecule has 1 aliphatic heterocycles. The highest BCUT2D eigenvalue weighted by Gasteiger charge is 2.24. The second-order valence-electron chi connectivity index (χ2n) is 5.65. The van der Waals surface area contributed by atoms with Crippen LogP contribution in [0.5, 0.6) is 0 Å². The summed E-state index contributed by atoms with van der Waals surface area (Å²) >= 11 is 0. The van der Waals surface area contributed by atoms with Crippen LogP contribution in [-0.4, -0.2) is 31.6 Å². The predicted octanol–water partition coefficient (Wildman–Crippen LogP) is 2.09. The molecule has 0 aromatic rings. The molecule has 2 nitrogen and oxygen atoms in total. The van der Waals surface area contributed by atoms with E-state index in [1.54, 1.807) is 0 Å². The summed E-state index contributed by atoms with van der Waals surface area (Å²) in [5, 5.41) is 0. The van der Waals surface area contributed by atoms with Crippen LogP contribution in [0.2, 0.25) is 0 Å². The van der Waals surface area contributed by atoms with Crippen molar-refractivity contribution in [1.29, 1.82) is 0 Å². The first-order valence-electron chi connectivity index (χ1n) is 5.92. The van der Waals surface area contributed by atoms with Crippen LogP contribution >= 0.6 is 0 Å². The first-order valence-corrected chi connectivity index (χ1v) is 5.92. The minimum absolute atomic E-state index is 0.454. The van der Waals surface area contributed by atoms with Gasteiger partial charge in [0.1, 0.15) is 0 Å². The van der Waals surface area contributed by atoms with Gasteiger partial charge in [0.15, 0.2) is 0 Å². The van der Waals surface area contributed by atoms with E-state index in [1.165, 1.54) is 38.8 Å². The molecule has 1 saturated heterocycles. The molecular formula is C12H26N2. The van der Waals surface area contributed by atoms with E-state index in [1.807, 2.05) is 0 Å². The van der Waals surface area contributed by atoms with Gasteiger partial charge in [0, 0.05) is 0 Å². The topological polar surface area (TPSA) is 29.3 Å². The lowest BCUT2D eigenvalue weighted by Gasteiger charge is -2.34. The van der Waals surface area contributed by atoms with Crippen LogP contribution < -0.4 is 5.73 Å². The molecule has 0 aromatic heterocycles. The van der Waals surface area contributed by atoms with Gasteiger partial charge in [-0.2, -0.15) is 0 Å². The molecular weight excluding hydrogens is 172 g/mol. The second kappa shape index (κ2) is 5.13. The van der Waals surface area contributed by atoms with Gasteiger partial charge in [-0.3, -0.25) is 0 Å². The first kappa shape index (κ1) is 12.0. The monoisotopic (exact) mass is 198 g/mol. The molecule has 0 bridgehead atoms. The summed E-state index contributed by atoms with van der Waals surface area (Å²) in [6.45, 7) is 8.11. The molecule has 0 radical (unpaired) electrons. The van der Waals surface area contributed by atoms with Crippen molar-refractivity contribution in [3.63, 3.8) is 0 Å². The fourth-order valence-corrected chi connectivity index (χ4v) is 2.54. The van der Waals surface area contributed by atoms with Crippen molar-refractivity contribution in [3.05, 3.63) is 0 Å². The lowest BCUT2D eigenvalue weighted by molar-refractivity contribution is 0.162. The van der Waals surface area contributed by atoms with Gasteiger partial charge in [0.05, 0.1) is 0 Å². The Kier molecular flexibility index (Phi) is 4.39. The number of likely N-dealkylation sites (tertiary alicyclic amines) is 1. The van der Waals surface area contributed by atoms with Crippen LogP contribution in [0.4, 0.5) is 0 Å². The second-order valence-corrected chi connectivity index (χ2v) is 5.65. The van der Waals surface area contributed by atoms with Crippen molar-refractivity contribution >= 4 is 0 Å². The van der Waals surface area contributed by atoms with Gasteiger partial charge in [-0.25, -0.2) is 0 Å². The largest absolute Gasteiger partial charge is 0.330 e. The van der Waals surface area contributed by atoms with Gasteiger partial charge < -0.3 is 10.6 Å². The smallest absolute Gasteiger partial charge is 0.00191 e. The van der Waals surface area contributed by atoms with Gasteiger partial charge >= 0.3 is 0 Å². The molecule has 0 aliphatic carbocycles. The normalized spacial score (nSPS) is 21.4. The number of rotatable bonds is 4. The summed E-state index contributed by atoms with van der Waals surface area (Å²) in [6, 6.07) is 0. The molecule has 0 atom stereocenters. The summed E-state index contributed by atoms with van der Waals surface area (Å²) in [5.41, 5.74) is 6.09. The van der Waals surface area contributed by atoms with Crippen LogP contribution in [0, 0.1) is 11.3 Å². The number of hydrogen-bond donors (Lipinski definition) is 1. The van der Waals surface area contributed by atoms with Gasteiger partial charge in [-0.15, -0.1) is 0 Å². The van der Waals surface area contributed by atoms with Crippen molar-refractivity contribution in [2.45, 2.75) is 39.5 Å². The Hall–Kier alpha value is -0.0800. The van der Waals surface area contributed by atoms with E-state index < -0.39 is 0 Å². The standard InChI is InChI=1S/C12H26N2/c1-12(2,6-7-13)10-11-4-8-14(3)9-5-11/h11H,4-10,13H2,1-3H3. The summed E-state index contributed by atoms with van der Waals surface area (Å²) in [5.74, 6) is 0.938. The molecule has 1 rings (SSSR count). The van der Waals surface area contributed by atoms with Crippen molar-refractivity contribution in [2.75, 3.05) is 26.7 Å². The molecule has 84 valence electrons. The number of nitrogens with zero attached hydrogens (tertiary/aromatic N) is 1. The van der Waals surface area contributed by atoms with Crippen LogP contribution in [0.15, 0.2) is 0 Å². The Morgan fingerprint density at radius 2 is 1.86 bits per heavy atom. The Bertz CT molecular complexity index is 158. The number of nitrogens with two attached hydrogens (primary N) is 1. The zero-order valence-electron chi connectivity index (χ0n) is 10.1. The Labute approximate surface area is 88.8 Å². The summed E-state index contributed by atoms with van der Waals surface area (Å²) in [4.78, 5) is 2.44. The lowest BCUT2D eigenvalue weighted by atomic mass is 9.77. The highest BCUT2D eigenvalue weighted by atomic mass is 15.1. The molecule has 1 fully saturated rings. The van der Waals surface area contributed by atoms with Crippen LogP contribution in [-0.2, 0) is 0 Å². The van der Waals surface area contributed by atoms with Crippen molar-refractivity contribution in [1.82, 2.24) is 4.90 Å². The maximum Gasteiger partial charge on any atom is -0.00191 e. The summed E-state index contributed by atoms with van der Waals surface area (Å²) < 4.78 is 0. The molecule has 0 unspecified atom stereocenters. The third-order valence-electron chi connectivity index (χ3n) is 3.50. The molecule has 2 N–H and O–H groups in total. The van der Waals surface area contributed by atoms with Crippen LogP contribution in [0.3, 0.4) is 0 Å². The zero-order valence-corrected chi connectivity index (χ0v) is 10.1. The average molecular weight is 198 g/mol. The van der Waals surface area contributed by atoms with Crippen LogP contribution in [0.25, 0.3) is 0 Å². The van der Waals surface area contributed by atoms with Crippen molar-refractivity contribution in [2.24, 2.45) is 17.1 Å². The van der Waals surface area contributed by atoms with Gasteiger partial charge in [0.25, 0.3) is 0 Å². The van der Waals surface area contributed by atoms with E-state index in [9.17, 15) is 0 Å². The quantitative estimate of drug-likeness (QED) is 0.749. The maximum absolute atomic E-state index is 5.63. The van der Waals surface area contributed by atoms with E-state index in [0.717, 1.165) is 12.5 Å². The lowest BCUT2D eigenvalue weighted by Crippen LogP contribution is -2.32. The molecule has 0 saturated carbocycles. The summed E-state index contributed by atoms with van der Waals surface area (Å²) in [7, 11) is 2.22. The van der Waals surface area contributed by atoms with E-state index in [4.69, 9.17) is 5.73 Å². The fourth-order valence-electron chi connectivity index (χ4n) is 2.54. The van der Waals surface area contributed by atoms with Gasteiger partial charge in [-0.1, -0.05) is 13.8 Å². The third-order valence-corrected chi connectivity index (χ3v) is 3.50. The Morgan fingerprint density at radius 3 is 2.36 bits per heavy atom. The SMILES string of the molecule is CN1CCC(CC(C)(C)CCN)CC1. The molecule has 2 heteroatoms. The minimum Gasteiger partial charge on any atom is -0.330 e. The van der Waals surface area contributed by atoms with E-state index in [-0.39, 0.29) is 0 Å².